The Morgan fingerprint density at radius 1 is 1.42 bits per heavy atom. The maximum absolute atomic E-state index is 13.8. The average Bonchev–Trinajstić information content (AvgIpc) is 2.42. The van der Waals surface area contributed by atoms with Crippen LogP contribution in [0.25, 0.3) is 0 Å². The Kier molecular flexibility index (Phi) is 5.29. The molecule has 1 aromatic carbocycles. The molecule has 0 aromatic heterocycles. The molecule has 0 amide bonds. The number of aldehydes is 1. The predicted molar refractivity (Wildman–Crippen MR) is 69.3 cm³/mol. The van der Waals surface area contributed by atoms with Crippen LogP contribution in [0, 0.1) is 5.82 Å². The van der Waals surface area contributed by atoms with Crippen molar-refractivity contribution in [3.63, 3.8) is 0 Å². The lowest BCUT2D eigenvalue weighted by Crippen LogP contribution is -2.28. The summed E-state index contributed by atoms with van der Waals surface area (Å²) in [6.45, 7) is 3.61. The molecule has 19 heavy (non-hydrogen) atoms. The van der Waals surface area contributed by atoms with Crippen molar-refractivity contribution in [1.82, 2.24) is 0 Å². The van der Waals surface area contributed by atoms with E-state index in [2.05, 4.69) is 0 Å². The zero-order valence-electron chi connectivity index (χ0n) is 11.3. The van der Waals surface area contributed by atoms with Crippen LogP contribution in [0.5, 0.6) is 5.75 Å². The number of ether oxygens (including phenoxy) is 3. The molecule has 0 saturated heterocycles. The monoisotopic (exact) mass is 290 g/mol. The van der Waals surface area contributed by atoms with E-state index in [4.69, 9.17) is 25.8 Å². The van der Waals surface area contributed by atoms with Gasteiger partial charge in [0.15, 0.2) is 17.9 Å². The van der Waals surface area contributed by atoms with E-state index in [-0.39, 0.29) is 22.9 Å². The minimum Gasteiger partial charge on any atom is -0.493 e. The number of methoxy groups -OCH3 is 2. The van der Waals surface area contributed by atoms with Crippen molar-refractivity contribution in [3.05, 3.63) is 28.0 Å². The molecule has 0 saturated carbocycles. The highest BCUT2D eigenvalue weighted by atomic mass is 35.5. The predicted octanol–water partition coefficient (Wildman–Crippen LogP) is 3.16. The van der Waals surface area contributed by atoms with E-state index in [9.17, 15) is 9.18 Å². The molecule has 106 valence electrons. The van der Waals surface area contributed by atoms with Crippen molar-refractivity contribution >= 4 is 17.9 Å². The van der Waals surface area contributed by atoms with Gasteiger partial charge in [-0.15, -0.1) is 0 Å². The third kappa shape index (κ3) is 2.88. The number of hydrogen-bond donors (Lipinski definition) is 0. The van der Waals surface area contributed by atoms with Crippen LogP contribution in [0.1, 0.15) is 29.8 Å². The summed E-state index contributed by atoms with van der Waals surface area (Å²) in [5, 5.41) is -0.194. The quantitative estimate of drug-likeness (QED) is 0.596. The Labute approximate surface area is 116 Å². The smallest absolute Gasteiger partial charge is 0.194 e. The molecular weight excluding hydrogens is 275 g/mol. The van der Waals surface area contributed by atoms with Crippen molar-refractivity contribution in [2.75, 3.05) is 20.8 Å². The van der Waals surface area contributed by atoms with Gasteiger partial charge in [-0.1, -0.05) is 11.6 Å². The molecule has 0 bridgehead atoms. The summed E-state index contributed by atoms with van der Waals surface area (Å²) < 4.78 is 29.7. The summed E-state index contributed by atoms with van der Waals surface area (Å²) >= 11 is 5.79. The molecule has 1 rings (SSSR count). The molecule has 4 nitrogen and oxygen atoms in total. The van der Waals surface area contributed by atoms with Crippen LogP contribution >= 0.6 is 11.6 Å². The van der Waals surface area contributed by atoms with Crippen LogP contribution in [-0.4, -0.2) is 27.1 Å². The minimum atomic E-state index is -1.19. The number of benzene rings is 1. The molecule has 0 aliphatic heterocycles. The SMILES string of the molecule is CCOc1c(C(C)(OC)OC)cc(Cl)c(F)c1C=O. The molecular formula is C13H16ClFO4. The van der Waals surface area contributed by atoms with Crippen molar-refractivity contribution in [2.45, 2.75) is 19.6 Å². The third-order valence-electron chi connectivity index (χ3n) is 2.88. The topological polar surface area (TPSA) is 44.8 Å². The normalized spacial score (nSPS) is 11.5. The maximum Gasteiger partial charge on any atom is 0.194 e. The van der Waals surface area contributed by atoms with E-state index in [1.165, 1.54) is 20.3 Å². The zero-order chi connectivity index (χ0) is 14.6. The lowest BCUT2D eigenvalue weighted by Gasteiger charge is -2.29. The van der Waals surface area contributed by atoms with Gasteiger partial charge >= 0.3 is 0 Å². The van der Waals surface area contributed by atoms with E-state index >= 15 is 0 Å². The maximum atomic E-state index is 13.8. The summed E-state index contributed by atoms with van der Waals surface area (Å²) in [7, 11) is 2.86. The Hall–Kier alpha value is -1.17. The second-order valence-electron chi connectivity index (χ2n) is 3.87. The molecule has 0 atom stereocenters. The molecule has 0 unspecified atom stereocenters. The van der Waals surface area contributed by atoms with Gasteiger partial charge in [0, 0.05) is 14.2 Å². The Bertz CT molecular complexity index is 472. The second kappa shape index (κ2) is 6.32. The van der Waals surface area contributed by atoms with Gasteiger partial charge in [0.25, 0.3) is 0 Å². The molecule has 0 N–H and O–H groups in total. The van der Waals surface area contributed by atoms with E-state index in [0.29, 0.717) is 11.8 Å². The van der Waals surface area contributed by atoms with Gasteiger partial charge in [-0.05, 0) is 19.9 Å². The van der Waals surface area contributed by atoms with Gasteiger partial charge in [-0.3, -0.25) is 4.79 Å². The molecule has 0 heterocycles. The van der Waals surface area contributed by atoms with Crippen LogP contribution in [0.15, 0.2) is 6.07 Å². The van der Waals surface area contributed by atoms with E-state index in [0.717, 1.165) is 0 Å². The highest BCUT2D eigenvalue weighted by molar-refractivity contribution is 6.31. The van der Waals surface area contributed by atoms with Gasteiger partial charge in [0.05, 0.1) is 22.8 Å². The van der Waals surface area contributed by atoms with E-state index < -0.39 is 11.6 Å². The van der Waals surface area contributed by atoms with Crippen LogP contribution in [0.2, 0.25) is 5.02 Å². The molecule has 0 aliphatic rings. The highest BCUT2D eigenvalue weighted by Gasteiger charge is 2.33. The fourth-order valence-corrected chi connectivity index (χ4v) is 1.89. The lowest BCUT2D eigenvalue weighted by molar-refractivity contribution is -0.202. The molecule has 0 aliphatic carbocycles. The fourth-order valence-electron chi connectivity index (χ4n) is 1.67. The van der Waals surface area contributed by atoms with Crippen molar-refractivity contribution < 1.29 is 23.4 Å². The third-order valence-corrected chi connectivity index (χ3v) is 3.16. The van der Waals surface area contributed by atoms with Crippen molar-refractivity contribution in [1.29, 1.82) is 0 Å². The number of carbonyl (C=O) groups is 1. The van der Waals surface area contributed by atoms with Gasteiger partial charge in [-0.25, -0.2) is 4.39 Å². The van der Waals surface area contributed by atoms with Gasteiger partial charge in [-0.2, -0.15) is 0 Å². The first kappa shape index (κ1) is 15.9. The number of rotatable bonds is 6. The van der Waals surface area contributed by atoms with Crippen LogP contribution in [-0.2, 0) is 15.3 Å². The highest BCUT2D eigenvalue weighted by Crippen LogP contribution is 2.39. The first-order valence-corrected chi connectivity index (χ1v) is 6.03. The molecule has 0 spiro atoms. The van der Waals surface area contributed by atoms with Gasteiger partial charge < -0.3 is 14.2 Å². The summed E-state index contributed by atoms with van der Waals surface area (Å²) in [6, 6.07) is 1.34. The van der Waals surface area contributed by atoms with Crippen LogP contribution in [0.3, 0.4) is 0 Å². The van der Waals surface area contributed by atoms with Crippen molar-refractivity contribution in [2.24, 2.45) is 0 Å². The molecule has 1 aromatic rings. The second-order valence-corrected chi connectivity index (χ2v) is 4.27. The minimum absolute atomic E-state index is 0.0746. The molecule has 0 fully saturated rings. The van der Waals surface area contributed by atoms with Crippen molar-refractivity contribution in [3.8, 4) is 5.75 Å². The number of carbonyl (C=O) groups excluding carboxylic acids is 1. The van der Waals surface area contributed by atoms with E-state index in [1.807, 2.05) is 0 Å². The van der Waals surface area contributed by atoms with Gasteiger partial charge in [0.1, 0.15) is 5.75 Å². The molecule has 0 radical (unpaired) electrons. The van der Waals surface area contributed by atoms with Gasteiger partial charge in [0.2, 0.25) is 0 Å². The Morgan fingerprint density at radius 3 is 2.42 bits per heavy atom. The Morgan fingerprint density at radius 2 is 2.00 bits per heavy atom. The van der Waals surface area contributed by atoms with Crippen LogP contribution < -0.4 is 4.74 Å². The first-order chi connectivity index (χ1) is 8.95. The summed E-state index contributed by atoms with van der Waals surface area (Å²) in [4.78, 5) is 11.1. The standard InChI is InChI=1S/C13H16ClFO4/c1-5-19-12-8(7-16)11(15)10(14)6-9(12)13(2,17-3)18-4/h6-7H,5H2,1-4H3. The largest absolute Gasteiger partial charge is 0.493 e. The Balaban J connectivity index is 3.62. The summed E-state index contributed by atoms with van der Waals surface area (Å²) in [6.07, 6.45) is 0.363. The average molecular weight is 291 g/mol. The van der Waals surface area contributed by atoms with Crippen LogP contribution in [0.4, 0.5) is 4.39 Å². The number of halogens is 2. The van der Waals surface area contributed by atoms with E-state index in [1.54, 1.807) is 13.8 Å². The lowest BCUT2D eigenvalue weighted by atomic mass is 10.0. The zero-order valence-corrected chi connectivity index (χ0v) is 12.0. The number of hydrogen-bond acceptors (Lipinski definition) is 4. The summed E-state index contributed by atoms with van der Waals surface area (Å²) in [5.74, 6) is -1.94. The fraction of sp³-hybridized carbons (Fsp3) is 0.462. The molecule has 6 heteroatoms. The summed E-state index contributed by atoms with van der Waals surface area (Å²) in [5.41, 5.74) is 0.109. The first-order valence-electron chi connectivity index (χ1n) is 5.65.